The van der Waals surface area contributed by atoms with Crippen molar-refractivity contribution in [3.05, 3.63) is 180 Å². The minimum absolute atomic E-state index is 1.33. The third kappa shape index (κ3) is 8.04. The molecule has 0 saturated carbocycles. The molecule has 0 fully saturated rings. The van der Waals surface area contributed by atoms with Gasteiger partial charge >= 0.3 is 263 Å². The summed E-state index contributed by atoms with van der Waals surface area (Å²) in [7, 11) is 0. The summed E-state index contributed by atoms with van der Waals surface area (Å²) < 4.78 is 9.14. The first-order valence-corrected chi connectivity index (χ1v) is 21.7. The third-order valence-electron chi connectivity index (χ3n) is 6.92. The van der Waals surface area contributed by atoms with Gasteiger partial charge in [-0.1, -0.05) is 0 Å². The van der Waals surface area contributed by atoms with E-state index in [1.807, 2.05) is 0 Å². The molecule has 0 saturated heterocycles. The number of benzene rings is 6. The Morgan fingerprint density at radius 3 is 0.659 bits per heavy atom. The van der Waals surface area contributed by atoms with Crippen LogP contribution in [-0.2, 0) is 0 Å². The van der Waals surface area contributed by atoms with E-state index in [4.69, 9.17) is 0 Å². The molecule has 0 atom stereocenters. The molecule has 2 heteroatoms. The maximum atomic E-state index is 2.33. The molecule has 0 radical (unpaired) electrons. The molecule has 6 aromatic carbocycles. The Morgan fingerprint density at radius 1 is 0.244 bits per heavy atom. The second-order valence-electron chi connectivity index (χ2n) is 10.2. The van der Waals surface area contributed by atoms with E-state index >= 15 is 0 Å². The van der Waals surface area contributed by atoms with Crippen molar-refractivity contribution in [2.45, 2.75) is 20.8 Å². The number of aryl methyl sites for hydroxylation is 3. The molecule has 0 aliphatic rings. The predicted molar refractivity (Wildman–Crippen MR) is 182 cm³/mol. The summed E-state index contributed by atoms with van der Waals surface area (Å²) in [6.45, 7) is 6.47. The van der Waals surface area contributed by atoms with Crippen LogP contribution in [0.3, 0.4) is 0 Å². The second kappa shape index (κ2) is 14.7. The number of hydrogen-bond acceptors (Lipinski definition) is 0. The molecule has 0 spiro atoms. The van der Waals surface area contributed by atoms with Crippen molar-refractivity contribution < 1.29 is 0 Å². The van der Waals surface area contributed by atoms with Gasteiger partial charge < -0.3 is 0 Å². The zero-order valence-corrected chi connectivity index (χ0v) is 29.1. The van der Waals surface area contributed by atoms with E-state index in [-0.39, 0.29) is 0 Å². The van der Waals surface area contributed by atoms with Crippen LogP contribution in [0.4, 0.5) is 0 Å². The standard InChI is InChI=1S/3C7H7.3C6H5.2Sb/c3*1-7-5-3-2-4-6-7;3*1-2-4-6-5-3-1;;/h3*3-6H,1H3;3*1-5H;;. The molecule has 0 N–H and O–H groups in total. The average Bonchev–Trinajstić information content (AvgIpc) is 3.02. The quantitative estimate of drug-likeness (QED) is 0.202. The van der Waals surface area contributed by atoms with Gasteiger partial charge in [-0.25, -0.2) is 0 Å². The minimum atomic E-state index is -1.90. The Kier molecular flexibility index (Phi) is 10.6. The SMILES string of the molecule is Cc1cc[c]([Sb]([c]2ccc(C)cc2)[c]2ccc(C)cc2)cc1.c1cc[c]([Sb]([c]2ccccc2)[c]2ccccc2)cc1. The monoisotopic (exact) mass is 746 g/mol. The Balaban J connectivity index is 0.000000166. The fourth-order valence-corrected chi connectivity index (χ4v) is 17.7. The molecule has 0 nitrogen and oxygen atoms in total. The summed E-state index contributed by atoms with van der Waals surface area (Å²) in [6.07, 6.45) is 0. The Labute approximate surface area is 260 Å². The van der Waals surface area contributed by atoms with Crippen molar-refractivity contribution in [1.82, 2.24) is 0 Å². The van der Waals surface area contributed by atoms with Gasteiger partial charge in [-0.15, -0.1) is 0 Å². The molecule has 202 valence electrons. The maximum absolute atomic E-state index is 2.33. The van der Waals surface area contributed by atoms with Crippen LogP contribution in [0.15, 0.2) is 164 Å². The molecule has 0 aromatic heterocycles. The van der Waals surface area contributed by atoms with Crippen LogP contribution < -0.4 is 21.1 Å². The van der Waals surface area contributed by atoms with E-state index in [1.54, 1.807) is 0 Å². The Morgan fingerprint density at radius 2 is 0.439 bits per heavy atom. The summed E-state index contributed by atoms with van der Waals surface area (Å²) >= 11 is -3.73. The fourth-order valence-electron chi connectivity index (χ4n) is 4.71. The second-order valence-corrected chi connectivity index (χ2v) is 22.9. The van der Waals surface area contributed by atoms with E-state index in [2.05, 4.69) is 185 Å². The van der Waals surface area contributed by atoms with Crippen molar-refractivity contribution >= 4 is 61.5 Å². The van der Waals surface area contributed by atoms with Gasteiger partial charge in [0.2, 0.25) is 0 Å². The van der Waals surface area contributed by atoms with Crippen molar-refractivity contribution in [3.63, 3.8) is 0 Å². The fraction of sp³-hybridized carbons (Fsp3) is 0.0769. The van der Waals surface area contributed by atoms with Gasteiger partial charge in [0.05, 0.1) is 0 Å². The summed E-state index contributed by atoms with van der Waals surface area (Å²) in [5.74, 6) is 0. The molecule has 0 unspecified atom stereocenters. The molecule has 6 rings (SSSR count). The molecule has 6 aromatic rings. The van der Waals surface area contributed by atoms with E-state index < -0.39 is 40.4 Å². The number of hydrogen-bond donors (Lipinski definition) is 0. The molecular weight excluding hydrogens is 712 g/mol. The van der Waals surface area contributed by atoms with Crippen molar-refractivity contribution in [1.29, 1.82) is 0 Å². The first kappa shape index (κ1) is 29.4. The van der Waals surface area contributed by atoms with E-state index in [0.29, 0.717) is 0 Å². The van der Waals surface area contributed by atoms with Crippen LogP contribution in [0.2, 0.25) is 0 Å². The molecule has 0 amide bonds. The molecule has 0 heterocycles. The van der Waals surface area contributed by atoms with Crippen LogP contribution in [0, 0.1) is 20.8 Å². The van der Waals surface area contributed by atoms with Crippen molar-refractivity contribution in [3.8, 4) is 0 Å². The Bertz CT molecular complexity index is 1410. The van der Waals surface area contributed by atoms with Crippen LogP contribution in [-0.4, -0.2) is 40.4 Å². The van der Waals surface area contributed by atoms with Gasteiger partial charge in [0, 0.05) is 0 Å². The summed E-state index contributed by atoms with van der Waals surface area (Å²) in [5, 5.41) is 0. The molecule has 0 aliphatic heterocycles. The molecule has 0 aliphatic carbocycles. The van der Waals surface area contributed by atoms with Gasteiger partial charge in [-0.05, 0) is 0 Å². The van der Waals surface area contributed by atoms with Gasteiger partial charge in [0.1, 0.15) is 0 Å². The Hall–Kier alpha value is -3.04. The predicted octanol–water partition coefficient (Wildman–Crippen LogP) is 5.33. The van der Waals surface area contributed by atoms with E-state index in [0.717, 1.165) is 0 Å². The summed E-state index contributed by atoms with van der Waals surface area (Å²) in [4.78, 5) is 0. The third-order valence-corrected chi connectivity index (χ3v) is 20.9. The van der Waals surface area contributed by atoms with E-state index in [1.165, 1.54) is 37.8 Å². The zero-order chi connectivity index (χ0) is 28.4. The normalized spacial score (nSPS) is 10.8. The van der Waals surface area contributed by atoms with E-state index in [9.17, 15) is 0 Å². The van der Waals surface area contributed by atoms with Crippen LogP contribution in [0.1, 0.15) is 16.7 Å². The van der Waals surface area contributed by atoms with Crippen LogP contribution >= 0.6 is 0 Å². The average molecular weight is 748 g/mol. The van der Waals surface area contributed by atoms with Gasteiger partial charge in [-0.3, -0.25) is 0 Å². The topological polar surface area (TPSA) is 0 Å². The molecular formula is C39H36Sb2. The zero-order valence-electron chi connectivity index (χ0n) is 24.0. The van der Waals surface area contributed by atoms with Crippen molar-refractivity contribution in [2.75, 3.05) is 0 Å². The van der Waals surface area contributed by atoms with Gasteiger partial charge in [0.15, 0.2) is 0 Å². The summed E-state index contributed by atoms with van der Waals surface area (Å²) in [5.41, 5.74) is 3.99. The summed E-state index contributed by atoms with van der Waals surface area (Å²) in [6, 6.07) is 60.3. The first-order valence-electron chi connectivity index (χ1n) is 14.0. The number of rotatable bonds is 6. The van der Waals surface area contributed by atoms with Gasteiger partial charge in [-0.2, -0.15) is 0 Å². The first-order chi connectivity index (χ1) is 20.1. The molecule has 41 heavy (non-hydrogen) atoms. The van der Waals surface area contributed by atoms with Gasteiger partial charge in [0.25, 0.3) is 0 Å². The molecule has 0 bridgehead atoms. The van der Waals surface area contributed by atoms with Crippen molar-refractivity contribution in [2.24, 2.45) is 0 Å². The van der Waals surface area contributed by atoms with Crippen LogP contribution in [0.5, 0.6) is 0 Å². The van der Waals surface area contributed by atoms with Crippen LogP contribution in [0.25, 0.3) is 0 Å².